The Morgan fingerprint density at radius 3 is 2.77 bits per heavy atom. The number of rotatable bonds is 5. The summed E-state index contributed by atoms with van der Waals surface area (Å²) in [4.78, 5) is 46.4. The number of hydrogen-bond donors (Lipinski definition) is 2. The molecule has 0 saturated carbocycles. The maximum Gasteiger partial charge on any atom is 0.258 e. The second kappa shape index (κ2) is 9.02. The number of H-pyrrole nitrogens is 1. The van der Waals surface area contributed by atoms with E-state index in [-0.39, 0.29) is 30.2 Å². The molecule has 1 unspecified atom stereocenters. The van der Waals surface area contributed by atoms with E-state index in [1.165, 1.54) is 11.8 Å². The molecule has 3 aromatic rings. The lowest BCUT2D eigenvalue weighted by Crippen LogP contribution is -2.44. The summed E-state index contributed by atoms with van der Waals surface area (Å²) in [6.45, 7) is 0. The molecule has 1 saturated heterocycles. The van der Waals surface area contributed by atoms with E-state index in [1.807, 2.05) is 12.1 Å². The number of fused-ring (bicyclic) bond motifs is 1. The number of thioether (sulfide) groups is 1. The van der Waals surface area contributed by atoms with Gasteiger partial charge in [0, 0.05) is 24.3 Å². The lowest BCUT2D eigenvalue weighted by Gasteiger charge is -2.23. The fourth-order valence-corrected chi connectivity index (χ4v) is 4.56. The standard InChI is InChI=1S/C22H19N5O3S/c23-11-14-5-7-15(8-6-14)24-22(30)18-12-31-13-27(18)20(28)10-9-19-25-17-4-2-1-3-16(17)21(29)26-19/h1-8,18H,9-10,12-13H2,(H,24,30)(H,25,26,29). The molecule has 31 heavy (non-hydrogen) atoms. The van der Waals surface area contributed by atoms with Gasteiger partial charge in [0.1, 0.15) is 11.9 Å². The molecule has 2 amide bonds. The van der Waals surface area contributed by atoms with Crippen molar-refractivity contribution in [1.82, 2.24) is 14.9 Å². The molecule has 1 aromatic heterocycles. The third-order valence-corrected chi connectivity index (χ3v) is 6.04. The topological polar surface area (TPSA) is 119 Å². The van der Waals surface area contributed by atoms with Crippen LogP contribution in [0, 0.1) is 11.3 Å². The third-order valence-electron chi connectivity index (χ3n) is 5.02. The maximum absolute atomic E-state index is 12.8. The van der Waals surface area contributed by atoms with E-state index in [0.29, 0.717) is 39.6 Å². The SMILES string of the molecule is N#Cc1ccc(NC(=O)C2CSCN2C(=O)CCc2nc3ccccc3c(=O)[nH]2)cc1. The second-order valence-electron chi connectivity index (χ2n) is 7.09. The van der Waals surface area contributed by atoms with E-state index in [4.69, 9.17) is 5.26 Å². The highest BCUT2D eigenvalue weighted by Gasteiger charge is 2.34. The van der Waals surface area contributed by atoms with Crippen LogP contribution in [-0.4, -0.2) is 44.4 Å². The van der Waals surface area contributed by atoms with Crippen LogP contribution >= 0.6 is 11.8 Å². The van der Waals surface area contributed by atoms with Crippen molar-refractivity contribution in [2.75, 3.05) is 16.9 Å². The molecule has 156 valence electrons. The molecular weight excluding hydrogens is 414 g/mol. The lowest BCUT2D eigenvalue weighted by molar-refractivity contribution is -0.136. The molecule has 2 N–H and O–H groups in total. The second-order valence-corrected chi connectivity index (χ2v) is 8.09. The molecular formula is C22H19N5O3S. The predicted molar refractivity (Wildman–Crippen MR) is 118 cm³/mol. The molecule has 1 aliphatic rings. The fraction of sp³-hybridized carbons (Fsp3) is 0.227. The Labute approximate surface area is 182 Å². The van der Waals surface area contributed by atoms with E-state index in [1.54, 1.807) is 47.4 Å². The predicted octanol–water partition coefficient (Wildman–Crippen LogP) is 2.27. The molecule has 2 aromatic carbocycles. The van der Waals surface area contributed by atoms with Gasteiger partial charge in [0.2, 0.25) is 11.8 Å². The van der Waals surface area contributed by atoms with Gasteiger partial charge in [0.15, 0.2) is 0 Å². The van der Waals surface area contributed by atoms with Gasteiger partial charge in [0.25, 0.3) is 5.56 Å². The normalized spacial score (nSPS) is 15.6. The molecule has 0 spiro atoms. The average molecular weight is 433 g/mol. The van der Waals surface area contributed by atoms with Crippen molar-refractivity contribution < 1.29 is 9.59 Å². The van der Waals surface area contributed by atoms with Crippen LogP contribution < -0.4 is 10.9 Å². The maximum atomic E-state index is 12.8. The Bertz CT molecular complexity index is 1230. The van der Waals surface area contributed by atoms with Crippen LogP contribution in [0.4, 0.5) is 5.69 Å². The van der Waals surface area contributed by atoms with Gasteiger partial charge in [-0.15, -0.1) is 11.8 Å². The Morgan fingerprint density at radius 1 is 1.23 bits per heavy atom. The summed E-state index contributed by atoms with van der Waals surface area (Å²) >= 11 is 1.52. The van der Waals surface area contributed by atoms with Crippen LogP contribution in [0.3, 0.4) is 0 Å². The van der Waals surface area contributed by atoms with Crippen molar-refractivity contribution in [3.63, 3.8) is 0 Å². The largest absolute Gasteiger partial charge is 0.324 e. The number of anilines is 1. The summed E-state index contributed by atoms with van der Waals surface area (Å²) in [5.74, 6) is 0.966. The minimum Gasteiger partial charge on any atom is -0.324 e. The summed E-state index contributed by atoms with van der Waals surface area (Å²) in [7, 11) is 0. The molecule has 1 aliphatic heterocycles. The Kier molecular flexibility index (Phi) is 6.00. The molecule has 0 aliphatic carbocycles. The van der Waals surface area contributed by atoms with Crippen molar-refractivity contribution in [2.45, 2.75) is 18.9 Å². The van der Waals surface area contributed by atoms with Gasteiger partial charge in [-0.2, -0.15) is 5.26 Å². The molecule has 4 rings (SSSR count). The zero-order chi connectivity index (χ0) is 21.8. The number of carbonyl (C=O) groups is 2. The minimum atomic E-state index is -0.572. The van der Waals surface area contributed by atoms with Crippen LogP contribution in [0.1, 0.15) is 17.8 Å². The van der Waals surface area contributed by atoms with Crippen LogP contribution in [0.15, 0.2) is 53.3 Å². The number of benzene rings is 2. The van der Waals surface area contributed by atoms with E-state index in [0.717, 1.165) is 0 Å². The number of aryl methyl sites for hydroxylation is 1. The van der Waals surface area contributed by atoms with E-state index >= 15 is 0 Å². The van der Waals surface area contributed by atoms with Crippen molar-refractivity contribution in [3.05, 3.63) is 70.3 Å². The van der Waals surface area contributed by atoms with E-state index in [2.05, 4.69) is 15.3 Å². The van der Waals surface area contributed by atoms with Crippen LogP contribution in [0.25, 0.3) is 10.9 Å². The molecule has 0 bridgehead atoms. The van der Waals surface area contributed by atoms with Crippen LogP contribution in [0.2, 0.25) is 0 Å². The van der Waals surface area contributed by atoms with Gasteiger partial charge >= 0.3 is 0 Å². The minimum absolute atomic E-state index is 0.141. The first-order valence-electron chi connectivity index (χ1n) is 9.71. The number of carbonyl (C=O) groups excluding carboxylic acids is 2. The highest BCUT2D eigenvalue weighted by molar-refractivity contribution is 7.99. The molecule has 0 radical (unpaired) electrons. The molecule has 1 fully saturated rings. The van der Waals surface area contributed by atoms with Gasteiger partial charge in [-0.3, -0.25) is 14.4 Å². The van der Waals surface area contributed by atoms with Gasteiger partial charge in [0.05, 0.1) is 28.4 Å². The Balaban J connectivity index is 1.40. The molecule has 9 heteroatoms. The highest BCUT2D eigenvalue weighted by atomic mass is 32.2. The number of para-hydroxylation sites is 1. The van der Waals surface area contributed by atoms with Crippen molar-refractivity contribution in [1.29, 1.82) is 5.26 Å². The lowest BCUT2D eigenvalue weighted by atomic mass is 10.2. The van der Waals surface area contributed by atoms with Crippen molar-refractivity contribution in [3.8, 4) is 6.07 Å². The first kappa shape index (κ1) is 20.6. The fourth-order valence-electron chi connectivity index (χ4n) is 3.38. The average Bonchev–Trinajstić information content (AvgIpc) is 3.28. The Hall–Kier alpha value is -3.64. The number of nitrogens with one attached hydrogen (secondary N) is 2. The Morgan fingerprint density at radius 2 is 2.00 bits per heavy atom. The summed E-state index contributed by atoms with van der Waals surface area (Å²) in [5.41, 5.74) is 1.44. The van der Waals surface area contributed by atoms with Crippen LogP contribution in [0.5, 0.6) is 0 Å². The number of hydrogen-bond acceptors (Lipinski definition) is 6. The van der Waals surface area contributed by atoms with Gasteiger partial charge in [-0.05, 0) is 36.4 Å². The first-order valence-corrected chi connectivity index (χ1v) is 10.9. The number of amides is 2. The van der Waals surface area contributed by atoms with Gasteiger partial charge < -0.3 is 15.2 Å². The zero-order valence-corrected chi connectivity index (χ0v) is 17.3. The van der Waals surface area contributed by atoms with Gasteiger partial charge in [-0.25, -0.2) is 4.98 Å². The van der Waals surface area contributed by atoms with Crippen LogP contribution in [-0.2, 0) is 16.0 Å². The zero-order valence-electron chi connectivity index (χ0n) is 16.5. The molecule has 8 nitrogen and oxygen atoms in total. The molecule has 1 atom stereocenters. The number of aromatic amines is 1. The number of nitriles is 1. The third kappa shape index (κ3) is 4.59. The monoisotopic (exact) mass is 433 g/mol. The summed E-state index contributed by atoms with van der Waals surface area (Å²) in [6, 6.07) is 15.1. The van der Waals surface area contributed by atoms with Gasteiger partial charge in [-0.1, -0.05) is 12.1 Å². The summed E-state index contributed by atoms with van der Waals surface area (Å²) in [6.07, 6.45) is 0.423. The summed E-state index contributed by atoms with van der Waals surface area (Å²) in [5, 5.41) is 12.2. The number of nitrogens with zero attached hydrogens (tertiary/aromatic N) is 3. The summed E-state index contributed by atoms with van der Waals surface area (Å²) < 4.78 is 0. The highest BCUT2D eigenvalue weighted by Crippen LogP contribution is 2.23. The van der Waals surface area contributed by atoms with E-state index in [9.17, 15) is 14.4 Å². The smallest absolute Gasteiger partial charge is 0.258 e. The van der Waals surface area contributed by atoms with E-state index < -0.39 is 6.04 Å². The first-order chi connectivity index (χ1) is 15.0. The molecule has 2 heterocycles. The quantitative estimate of drug-likeness (QED) is 0.637. The number of aromatic nitrogens is 2. The van der Waals surface area contributed by atoms with Crippen molar-refractivity contribution in [2.24, 2.45) is 0 Å². The van der Waals surface area contributed by atoms with Crippen molar-refractivity contribution >= 4 is 40.2 Å².